The first-order valence-corrected chi connectivity index (χ1v) is 16.7. The molecule has 246 valence electrons. The van der Waals surface area contributed by atoms with Crippen LogP contribution in [0.3, 0.4) is 0 Å². The van der Waals surface area contributed by atoms with Crippen molar-refractivity contribution in [2.45, 2.75) is 83.8 Å². The maximum Gasteiger partial charge on any atom is 0.410 e. The number of benzene rings is 2. The van der Waals surface area contributed by atoms with Crippen LogP contribution in [0.5, 0.6) is 11.5 Å². The third-order valence-electron chi connectivity index (χ3n) is 7.96. The third kappa shape index (κ3) is 10.6. The second-order valence-electron chi connectivity index (χ2n) is 12.6. The van der Waals surface area contributed by atoms with Crippen LogP contribution >= 0.6 is 15.9 Å². The highest BCUT2D eigenvalue weighted by Crippen LogP contribution is 2.39. The van der Waals surface area contributed by atoms with Gasteiger partial charge in [-0.3, -0.25) is 9.59 Å². The van der Waals surface area contributed by atoms with E-state index in [4.69, 9.17) is 14.2 Å². The SMILES string of the molecule is CC(C)(C)OC(=O)N(CCc1ccc(O)c2c1OCC(=O)N2)CCN(C(=O)CCOCCc1cccc(Br)c1)C1CCCCC1. The lowest BCUT2D eigenvalue weighted by molar-refractivity contribution is -0.135. The largest absolute Gasteiger partial charge is 0.506 e. The van der Waals surface area contributed by atoms with Crippen LogP contribution in [0.15, 0.2) is 40.9 Å². The number of nitrogens with zero attached hydrogens (tertiary/aromatic N) is 2. The molecule has 4 rings (SSSR count). The molecule has 2 aliphatic rings. The number of carbonyl (C=O) groups is 3. The molecule has 1 heterocycles. The van der Waals surface area contributed by atoms with Crippen molar-refractivity contribution in [1.82, 2.24) is 9.80 Å². The lowest BCUT2D eigenvalue weighted by Crippen LogP contribution is -2.48. The van der Waals surface area contributed by atoms with E-state index in [9.17, 15) is 19.5 Å². The van der Waals surface area contributed by atoms with Gasteiger partial charge in [0.15, 0.2) is 12.4 Å². The van der Waals surface area contributed by atoms with Gasteiger partial charge in [0.1, 0.15) is 17.0 Å². The number of rotatable bonds is 13. The fourth-order valence-electron chi connectivity index (χ4n) is 5.71. The number of amides is 3. The number of fused-ring (bicyclic) bond motifs is 1. The van der Waals surface area contributed by atoms with Crippen molar-refractivity contribution >= 4 is 39.5 Å². The molecule has 10 nitrogen and oxygen atoms in total. The molecule has 2 aromatic carbocycles. The number of phenols is 1. The van der Waals surface area contributed by atoms with E-state index in [0.29, 0.717) is 45.0 Å². The van der Waals surface area contributed by atoms with Crippen molar-refractivity contribution in [1.29, 1.82) is 0 Å². The number of ether oxygens (including phenoxy) is 3. The Morgan fingerprint density at radius 1 is 1.04 bits per heavy atom. The van der Waals surface area contributed by atoms with E-state index in [2.05, 4.69) is 33.4 Å². The van der Waals surface area contributed by atoms with Gasteiger partial charge in [-0.2, -0.15) is 0 Å². The molecule has 11 heteroatoms. The summed E-state index contributed by atoms with van der Waals surface area (Å²) in [6.07, 6.45) is 6.22. The lowest BCUT2D eigenvalue weighted by Gasteiger charge is -2.36. The number of carbonyl (C=O) groups excluding carboxylic acids is 3. The molecule has 1 fully saturated rings. The number of aromatic hydroxyl groups is 1. The number of hydrogen-bond donors (Lipinski definition) is 2. The summed E-state index contributed by atoms with van der Waals surface area (Å²) >= 11 is 3.49. The Balaban J connectivity index is 1.40. The van der Waals surface area contributed by atoms with Crippen LogP contribution in [0.2, 0.25) is 0 Å². The average molecular weight is 689 g/mol. The second-order valence-corrected chi connectivity index (χ2v) is 13.5. The molecule has 0 radical (unpaired) electrons. The van der Waals surface area contributed by atoms with E-state index in [0.717, 1.165) is 42.1 Å². The predicted octanol–water partition coefficient (Wildman–Crippen LogP) is 6.08. The van der Waals surface area contributed by atoms with Crippen molar-refractivity contribution in [3.05, 3.63) is 52.0 Å². The van der Waals surface area contributed by atoms with E-state index < -0.39 is 11.7 Å². The van der Waals surface area contributed by atoms with Crippen molar-refractivity contribution in [3.8, 4) is 11.5 Å². The van der Waals surface area contributed by atoms with Crippen molar-refractivity contribution in [3.63, 3.8) is 0 Å². The zero-order valence-electron chi connectivity index (χ0n) is 26.6. The van der Waals surface area contributed by atoms with Gasteiger partial charge in [-0.1, -0.05) is 53.4 Å². The van der Waals surface area contributed by atoms with Crippen molar-refractivity contribution in [2.24, 2.45) is 0 Å². The van der Waals surface area contributed by atoms with Gasteiger partial charge in [-0.05, 0) is 75.8 Å². The summed E-state index contributed by atoms with van der Waals surface area (Å²) in [5, 5.41) is 12.9. The quantitative estimate of drug-likeness (QED) is 0.194. The summed E-state index contributed by atoms with van der Waals surface area (Å²) in [7, 11) is 0. The van der Waals surface area contributed by atoms with Crippen LogP contribution in [-0.4, -0.2) is 83.9 Å². The minimum atomic E-state index is -0.688. The van der Waals surface area contributed by atoms with Gasteiger partial charge >= 0.3 is 6.09 Å². The Bertz CT molecular complexity index is 1320. The van der Waals surface area contributed by atoms with Crippen LogP contribution < -0.4 is 10.1 Å². The zero-order chi connectivity index (χ0) is 32.4. The molecule has 0 aromatic heterocycles. The minimum absolute atomic E-state index is 0.0326. The highest BCUT2D eigenvalue weighted by molar-refractivity contribution is 9.10. The Kier molecular flexibility index (Phi) is 12.5. The topological polar surface area (TPSA) is 118 Å². The molecule has 0 unspecified atom stereocenters. The molecule has 1 saturated carbocycles. The number of phenolic OH excluding ortho intramolecular Hbond substituents is 1. The van der Waals surface area contributed by atoms with Gasteiger partial charge in [0.05, 0.1) is 19.6 Å². The summed E-state index contributed by atoms with van der Waals surface area (Å²) in [5.74, 6) is 0.0140. The molecule has 45 heavy (non-hydrogen) atoms. The van der Waals surface area contributed by atoms with Crippen LogP contribution in [0.4, 0.5) is 10.5 Å². The number of halogens is 1. The monoisotopic (exact) mass is 687 g/mol. The van der Waals surface area contributed by atoms with Gasteiger partial charge in [-0.25, -0.2) is 4.79 Å². The molecule has 0 atom stereocenters. The average Bonchev–Trinajstić information content (AvgIpc) is 2.99. The molecule has 1 aliphatic carbocycles. The Morgan fingerprint density at radius 2 is 1.82 bits per heavy atom. The summed E-state index contributed by atoms with van der Waals surface area (Å²) in [4.78, 5) is 42.3. The Hall–Kier alpha value is -3.31. The Morgan fingerprint density at radius 3 is 2.56 bits per heavy atom. The molecule has 1 aliphatic heterocycles. The minimum Gasteiger partial charge on any atom is -0.506 e. The van der Waals surface area contributed by atoms with E-state index in [1.54, 1.807) is 11.0 Å². The molecule has 0 spiro atoms. The predicted molar refractivity (Wildman–Crippen MR) is 176 cm³/mol. The summed E-state index contributed by atoms with van der Waals surface area (Å²) in [5.41, 5.74) is 1.47. The van der Waals surface area contributed by atoms with E-state index in [1.165, 1.54) is 18.1 Å². The normalized spacial score (nSPS) is 15.1. The van der Waals surface area contributed by atoms with Gasteiger partial charge in [0, 0.05) is 30.1 Å². The van der Waals surface area contributed by atoms with E-state index in [1.807, 2.05) is 37.8 Å². The second kappa shape index (κ2) is 16.3. The fourth-order valence-corrected chi connectivity index (χ4v) is 6.15. The van der Waals surface area contributed by atoms with Crippen LogP contribution in [-0.2, 0) is 31.9 Å². The maximum absolute atomic E-state index is 13.6. The lowest BCUT2D eigenvalue weighted by atomic mass is 9.94. The van der Waals surface area contributed by atoms with Crippen LogP contribution in [0.1, 0.15) is 70.4 Å². The van der Waals surface area contributed by atoms with E-state index >= 15 is 0 Å². The number of hydrogen-bond acceptors (Lipinski definition) is 7. The van der Waals surface area contributed by atoms with Gasteiger partial charge in [0.2, 0.25) is 5.91 Å². The molecule has 0 bridgehead atoms. The molecule has 2 aromatic rings. The standard InChI is InChI=1S/C34H46BrN3O7/c1-34(2,3)45-33(42)37(17-14-25-12-13-28(39)31-32(25)44-23-29(40)36-31)18-19-38(27-10-5-4-6-11-27)30(41)16-21-43-20-15-24-8-7-9-26(35)22-24/h7-9,12-13,22,27,39H,4-6,10-11,14-21,23H2,1-3H3,(H,36,40). The summed E-state index contributed by atoms with van der Waals surface area (Å²) in [6, 6.07) is 11.5. The van der Waals surface area contributed by atoms with Gasteiger partial charge in [0.25, 0.3) is 5.91 Å². The molecule has 0 saturated heterocycles. The maximum atomic E-state index is 13.6. The first-order chi connectivity index (χ1) is 21.5. The molecular formula is C34H46BrN3O7. The van der Waals surface area contributed by atoms with Gasteiger partial charge in [-0.15, -0.1) is 0 Å². The van der Waals surface area contributed by atoms with Gasteiger partial charge < -0.3 is 34.4 Å². The first kappa shape index (κ1) is 34.6. The molecule has 2 N–H and O–H groups in total. The summed E-state index contributed by atoms with van der Waals surface area (Å²) < 4.78 is 18.3. The number of anilines is 1. The molecule has 3 amide bonds. The molecular weight excluding hydrogens is 642 g/mol. The number of nitrogens with one attached hydrogen (secondary N) is 1. The van der Waals surface area contributed by atoms with Crippen molar-refractivity contribution < 1.29 is 33.7 Å². The van der Waals surface area contributed by atoms with Crippen molar-refractivity contribution in [2.75, 3.05) is 44.8 Å². The highest BCUT2D eigenvalue weighted by atomic mass is 79.9. The fraction of sp³-hybridized carbons (Fsp3) is 0.559. The third-order valence-corrected chi connectivity index (χ3v) is 8.46. The van der Waals surface area contributed by atoms with Crippen LogP contribution in [0, 0.1) is 0 Å². The van der Waals surface area contributed by atoms with Crippen LogP contribution in [0.25, 0.3) is 0 Å². The Labute approximate surface area is 274 Å². The zero-order valence-corrected chi connectivity index (χ0v) is 28.2. The summed E-state index contributed by atoms with van der Waals surface area (Å²) in [6.45, 7) is 7.20. The first-order valence-electron chi connectivity index (χ1n) is 15.9. The highest BCUT2D eigenvalue weighted by Gasteiger charge is 2.29. The van der Waals surface area contributed by atoms with E-state index in [-0.39, 0.29) is 42.3 Å². The smallest absolute Gasteiger partial charge is 0.410 e.